The fourth-order valence-corrected chi connectivity index (χ4v) is 2.26. The third kappa shape index (κ3) is 3.74. The van der Waals surface area contributed by atoms with Gasteiger partial charge in [-0.3, -0.25) is 0 Å². The minimum Gasteiger partial charge on any atom is -0.396 e. The minimum absolute atomic E-state index is 0.0431. The van der Waals surface area contributed by atoms with Gasteiger partial charge in [0.05, 0.1) is 6.10 Å². The quantitative estimate of drug-likeness (QED) is 0.679. The number of hydrogen-bond acceptors (Lipinski definition) is 3. The van der Waals surface area contributed by atoms with E-state index in [4.69, 9.17) is 10.5 Å². The van der Waals surface area contributed by atoms with Crippen LogP contribution >= 0.6 is 0 Å². The van der Waals surface area contributed by atoms with Crippen LogP contribution in [0.25, 0.3) is 0 Å². The fraction of sp³-hybridized carbons (Fsp3) is 1.00. The van der Waals surface area contributed by atoms with Crippen LogP contribution in [0, 0.1) is 5.41 Å². The summed E-state index contributed by atoms with van der Waals surface area (Å²) in [6.07, 6.45) is 7.12. The van der Waals surface area contributed by atoms with Crippen LogP contribution in [0.15, 0.2) is 0 Å². The molecule has 0 radical (unpaired) electrons. The highest BCUT2D eigenvalue weighted by atomic mass is 16.5. The molecule has 90 valence electrons. The maximum atomic E-state index is 9.36. The summed E-state index contributed by atoms with van der Waals surface area (Å²) in [6.45, 7) is 3.84. The summed E-state index contributed by atoms with van der Waals surface area (Å²) in [5, 5.41) is 9.36. The highest BCUT2D eigenvalue weighted by Crippen LogP contribution is 2.28. The van der Waals surface area contributed by atoms with E-state index in [1.165, 1.54) is 12.8 Å². The van der Waals surface area contributed by atoms with Gasteiger partial charge in [0, 0.05) is 25.2 Å². The first-order chi connectivity index (χ1) is 7.26. The van der Waals surface area contributed by atoms with Crippen LogP contribution in [-0.4, -0.2) is 31.0 Å². The molecule has 0 aliphatic carbocycles. The lowest BCUT2D eigenvalue weighted by atomic mass is 9.81. The first kappa shape index (κ1) is 12.9. The van der Waals surface area contributed by atoms with Gasteiger partial charge >= 0.3 is 0 Å². The Balaban J connectivity index is 2.21. The van der Waals surface area contributed by atoms with E-state index in [1.54, 1.807) is 0 Å². The minimum atomic E-state index is -0.0431. The van der Waals surface area contributed by atoms with Crippen molar-refractivity contribution in [1.82, 2.24) is 0 Å². The molecule has 0 spiro atoms. The van der Waals surface area contributed by atoms with E-state index in [0.717, 1.165) is 32.3 Å². The first-order valence-electron chi connectivity index (χ1n) is 6.19. The van der Waals surface area contributed by atoms with Crippen LogP contribution < -0.4 is 5.73 Å². The summed E-state index contributed by atoms with van der Waals surface area (Å²) < 4.78 is 5.57. The number of rotatable bonds is 7. The second kappa shape index (κ2) is 6.46. The van der Waals surface area contributed by atoms with Gasteiger partial charge < -0.3 is 15.6 Å². The molecule has 0 aromatic heterocycles. The molecule has 0 bridgehead atoms. The highest BCUT2D eigenvalue weighted by molar-refractivity contribution is 4.79. The summed E-state index contributed by atoms with van der Waals surface area (Å²) in [6, 6.07) is 0. The molecule has 1 rings (SSSR count). The molecule has 0 aromatic rings. The Kier molecular flexibility index (Phi) is 5.58. The van der Waals surface area contributed by atoms with Crippen LogP contribution in [0.5, 0.6) is 0 Å². The van der Waals surface area contributed by atoms with Crippen molar-refractivity contribution < 1.29 is 9.84 Å². The van der Waals surface area contributed by atoms with Crippen LogP contribution in [0.3, 0.4) is 0 Å². The van der Waals surface area contributed by atoms with Gasteiger partial charge in [0.25, 0.3) is 0 Å². The molecule has 3 nitrogen and oxygen atoms in total. The lowest BCUT2D eigenvalue weighted by Crippen LogP contribution is -2.33. The lowest BCUT2D eigenvalue weighted by Gasteiger charge is -2.29. The molecule has 1 saturated heterocycles. The molecule has 0 saturated carbocycles. The second-order valence-corrected chi connectivity index (χ2v) is 4.74. The molecule has 0 amide bonds. The number of aliphatic hydroxyl groups is 1. The van der Waals surface area contributed by atoms with Crippen molar-refractivity contribution in [2.45, 2.75) is 51.6 Å². The van der Waals surface area contributed by atoms with Gasteiger partial charge in [-0.1, -0.05) is 13.3 Å². The van der Waals surface area contributed by atoms with Crippen LogP contribution in [0.2, 0.25) is 0 Å². The molecule has 3 heteroatoms. The van der Waals surface area contributed by atoms with E-state index >= 15 is 0 Å². The molecule has 1 fully saturated rings. The van der Waals surface area contributed by atoms with E-state index in [1.807, 2.05) is 0 Å². The first-order valence-corrected chi connectivity index (χ1v) is 6.19. The largest absolute Gasteiger partial charge is 0.396 e. The van der Waals surface area contributed by atoms with E-state index in [2.05, 4.69) is 6.92 Å². The number of hydrogen-bond donors (Lipinski definition) is 2. The lowest BCUT2D eigenvalue weighted by molar-refractivity contribution is 0.0841. The van der Waals surface area contributed by atoms with Crippen molar-refractivity contribution in [1.29, 1.82) is 0 Å². The maximum absolute atomic E-state index is 9.36. The van der Waals surface area contributed by atoms with Crippen LogP contribution in [0.1, 0.15) is 45.4 Å². The van der Waals surface area contributed by atoms with E-state index in [0.29, 0.717) is 12.6 Å². The molecule has 2 unspecified atom stereocenters. The summed E-state index contributed by atoms with van der Waals surface area (Å²) in [7, 11) is 0. The van der Waals surface area contributed by atoms with Crippen molar-refractivity contribution in [3.63, 3.8) is 0 Å². The molecular weight excluding hydrogens is 190 g/mol. The molecular formula is C12H25NO2. The number of ether oxygens (including phenoxy) is 1. The van der Waals surface area contributed by atoms with E-state index < -0.39 is 0 Å². The van der Waals surface area contributed by atoms with Gasteiger partial charge in [-0.25, -0.2) is 0 Å². The van der Waals surface area contributed by atoms with Gasteiger partial charge in [-0.2, -0.15) is 0 Å². The van der Waals surface area contributed by atoms with E-state index in [-0.39, 0.29) is 12.0 Å². The molecule has 1 aliphatic heterocycles. The number of aliphatic hydroxyl groups excluding tert-OH is 1. The van der Waals surface area contributed by atoms with Gasteiger partial charge in [0.1, 0.15) is 0 Å². The Morgan fingerprint density at radius 3 is 2.80 bits per heavy atom. The van der Waals surface area contributed by atoms with Gasteiger partial charge in [0.15, 0.2) is 0 Å². The summed E-state index contributed by atoms with van der Waals surface area (Å²) in [4.78, 5) is 0. The van der Waals surface area contributed by atoms with E-state index in [9.17, 15) is 5.11 Å². The predicted molar refractivity (Wildman–Crippen MR) is 61.7 cm³/mol. The maximum Gasteiger partial charge on any atom is 0.0576 e. The molecule has 3 N–H and O–H groups in total. The topological polar surface area (TPSA) is 55.5 Å². The Morgan fingerprint density at radius 1 is 1.53 bits per heavy atom. The van der Waals surface area contributed by atoms with Gasteiger partial charge in [0.2, 0.25) is 0 Å². The van der Waals surface area contributed by atoms with Gasteiger partial charge in [-0.15, -0.1) is 0 Å². The third-order valence-electron chi connectivity index (χ3n) is 3.78. The van der Waals surface area contributed by atoms with Crippen molar-refractivity contribution in [3.8, 4) is 0 Å². The smallest absolute Gasteiger partial charge is 0.0576 e. The van der Waals surface area contributed by atoms with Crippen molar-refractivity contribution in [3.05, 3.63) is 0 Å². The van der Waals surface area contributed by atoms with Crippen molar-refractivity contribution in [2.24, 2.45) is 11.1 Å². The van der Waals surface area contributed by atoms with Crippen molar-refractivity contribution in [2.75, 3.05) is 19.8 Å². The third-order valence-corrected chi connectivity index (χ3v) is 3.78. The average Bonchev–Trinajstić information content (AvgIpc) is 2.78. The number of nitrogens with two attached hydrogens (primary N) is 1. The van der Waals surface area contributed by atoms with Crippen LogP contribution in [0.4, 0.5) is 0 Å². The fourth-order valence-electron chi connectivity index (χ4n) is 2.26. The normalized spacial score (nSPS) is 25.4. The average molecular weight is 215 g/mol. The Hall–Kier alpha value is -0.120. The zero-order chi connectivity index (χ0) is 11.1. The SMILES string of the molecule is CCC(CN)(CO)CCCC1CCCO1. The molecule has 2 atom stereocenters. The second-order valence-electron chi connectivity index (χ2n) is 4.74. The standard InChI is InChI=1S/C12H25NO2/c1-2-12(9-13,10-14)7-3-5-11-6-4-8-15-11/h11,14H,2-10,13H2,1H3. The molecule has 1 heterocycles. The zero-order valence-electron chi connectivity index (χ0n) is 9.87. The Morgan fingerprint density at radius 2 is 2.33 bits per heavy atom. The molecule has 0 aromatic carbocycles. The highest BCUT2D eigenvalue weighted by Gasteiger charge is 2.26. The van der Waals surface area contributed by atoms with Crippen molar-refractivity contribution >= 4 is 0 Å². The summed E-state index contributed by atoms with van der Waals surface area (Å²) in [5.74, 6) is 0. The Labute approximate surface area is 93.0 Å². The summed E-state index contributed by atoms with van der Waals surface area (Å²) >= 11 is 0. The molecule has 15 heavy (non-hydrogen) atoms. The molecule has 1 aliphatic rings. The van der Waals surface area contributed by atoms with Crippen LogP contribution in [-0.2, 0) is 4.74 Å². The monoisotopic (exact) mass is 215 g/mol. The zero-order valence-corrected chi connectivity index (χ0v) is 9.87. The van der Waals surface area contributed by atoms with Gasteiger partial charge in [-0.05, 0) is 32.1 Å². The Bertz CT molecular complexity index is 155. The summed E-state index contributed by atoms with van der Waals surface area (Å²) in [5.41, 5.74) is 5.69. The predicted octanol–water partition coefficient (Wildman–Crippen LogP) is 1.68.